The van der Waals surface area contributed by atoms with E-state index in [2.05, 4.69) is 48.6 Å². The maximum atomic E-state index is 5.73. The second-order valence-electron chi connectivity index (χ2n) is 7.03. The van der Waals surface area contributed by atoms with Gasteiger partial charge in [0.1, 0.15) is 0 Å². The molecule has 1 aromatic heterocycles. The van der Waals surface area contributed by atoms with Gasteiger partial charge < -0.3 is 14.6 Å². The number of nitrogens with one attached hydrogen (secondary N) is 1. The summed E-state index contributed by atoms with van der Waals surface area (Å²) in [5, 5.41) is 7.69. The van der Waals surface area contributed by atoms with Gasteiger partial charge in [-0.15, -0.1) is 0 Å². The van der Waals surface area contributed by atoms with Crippen LogP contribution in [0.2, 0.25) is 0 Å². The van der Waals surface area contributed by atoms with Crippen LogP contribution in [0.15, 0.2) is 28.8 Å². The molecule has 2 atom stereocenters. The Bertz CT molecular complexity index is 680. The summed E-state index contributed by atoms with van der Waals surface area (Å²) in [7, 11) is 0. The summed E-state index contributed by atoms with van der Waals surface area (Å²) in [5.41, 5.74) is 2.17. The molecule has 2 saturated heterocycles. The Hall–Kier alpha value is -1.72. The van der Waals surface area contributed by atoms with Crippen LogP contribution in [0.3, 0.4) is 0 Å². The number of nitrogens with zero attached hydrogens (tertiary/aromatic N) is 2. The van der Waals surface area contributed by atoms with E-state index < -0.39 is 0 Å². The van der Waals surface area contributed by atoms with Gasteiger partial charge in [-0.1, -0.05) is 43.3 Å². The van der Waals surface area contributed by atoms with E-state index in [0.717, 1.165) is 37.6 Å². The lowest BCUT2D eigenvalue weighted by Gasteiger charge is -2.34. The van der Waals surface area contributed by atoms with Gasteiger partial charge in [-0.3, -0.25) is 0 Å². The van der Waals surface area contributed by atoms with Crippen LogP contribution in [-0.4, -0.2) is 36.4 Å². The zero-order chi connectivity index (χ0) is 15.9. The molecule has 2 aliphatic heterocycles. The van der Waals surface area contributed by atoms with Gasteiger partial charge in [-0.05, 0) is 30.4 Å². The molecule has 2 aliphatic rings. The molecule has 0 bridgehead atoms. The van der Waals surface area contributed by atoms with Gasteiger partial charge in [0.25, 0.3) is 0 Å². The smallest absolute Gasteiger partial charge is 0.237 e. The lowest BCUT2D eigenvalue weighted by Crippen LogP contribution is -2.44. The molecule has 122 valence electrons. The number of benzene rings is 1. The van der Waals surface area contributed by atoms with E-state index in [9.17, 15) is 0 Å². The predicted molar refractivity (Wildman–Crippen MR) is 87.3 cm³/mol. The van der Waals surface area contributed by atoms with Gasteiger partial charge in [0.15, 0.2) is 0 Å². The first kappa shape index (κ1) is 14.8. The highest BCUT2D eigenvalue weighted by molar-refractivity contribution is 5.55. The van der Waals surface area contributed by atoms with Crippen molar-refractivity contribution in [3.05, 3.63) is 35.7 Å². The summed E-state index contributed by atoms with van der Waals surface area (Å²) < 4.78 is 11.4. The van der Waals surface area contributed by atoms with Gasteiger partial charge in [0.05, 0.1) is 12.0 Å². The fraction of sp³-hybridized carbons (Fsp3) is 0.556. The van der Waals surface area contributed by atoms with Gasteiger partial charge in [0, 0.05) is 18.7 Å². The van der Waals surface area contributed by atoms with Crippen LogP contribution in [0, 0.1) is 5.92 Å². The van der Waals surface area contributed by atoms with E-state index in [4.69, 9.17) is 14.2 Å². The third-order valence-corrected chi connectivity index (χ3v) is 5.27. The van der Waals surface area contributed by atoms with Gasteiger partial charge in [-0.25, -0.2) is 0 Å². The van der Waals surface area contributed by atoms with Crippen molar-refractivity contribution in [2.45, 2.75) is 31.6 Å². The van der Waals surface area contributed by atoms with Crippen LogP contribution in [0.4, 0.5) is 0 Å². The van der Waals surface area contributed by atoms with Crippen molar-refractivity contribution in [2.24, 2.45) is 5.92 Å². The molecular weight excluding hydrogens is 290 g/mol. The third-order valence-electron chi connectivity index (χ3n) is 5.27. The molecule has 0 radical (unpaired) electrons. The number of hydrogen-bond acceptors (Lipinski definition) is 5. The van der Waals surface area contributed by atoms with Crippen molar-refractivity contribution in [2.75, 3.05) is 26.3 Å². The highest BCUT2D eigenvalue weighted by atomic mass is 16.5. The average molecular weight is 313 g/mol. The van der Waals surface area contributed by atoms with E-state index in [1.54, 1.807) is 0 Å². The lowest BCUT2D eigenvalue weighted by atomic mass is 9.75. The third kappa shape index (κ3) is 2.48. The maximum absolute atomic E-state index is 5.73. The molecule has 0 spiro atoms. The van der Waals surface area contributed by atoms with Gasteiger partial charge in [0.2, 0.25) is 11.7 Å². The molecule has 2 fully saturated rings. The van der Waals surface area contributed by atoms with Crippen LogP contribution in [0.5, 0.6) is 0 Å². The highest BCUT2D eigenvalue weighted by Crippen LogP contribution is 2.40. The van der Waals surface area contributed by atoms with Crippen molar-refractivity contribution in [1.82, 2.24) is 15.5 Å². The largest absolute Gasteiger partial charge is 0.380 e. The molecule has 1 aromatic carbocycles. The summed E-state index contributed by atoms with van der Waals surface area (Å²) >= 11 is 0. The fourth-order valence-electron chi connectivity index (χ4n) is 3.71. The zero-order valence-corrected chi connectivity index (χ0v) is 13.7. The monoisotopic (exact) mass is 313 g/mol. The average Bonchev–Trinajstić information content (AvgIpc) is 3.22. The van der Waals surface area contributed by atoms with Crippen LogP contribution in [0.1, 0.15) is 37.6 Å². The minimum Gasteiger partial charge on any atom is -0.380 e. The molecule has 23 heavy (non-hydrogen) atoms. The van der Waals surface area contributed by atoms with Gasteiger partial charge in [-0.2, -0.15) is 4.98 Å². The lowest BCUT2D eigenvalue weighted by molar-refractivity contribution is 0.00198. The van der Waals surface area contributed by atoms with Crippen molar-refractivity contribution in [1.29, 1.82) is 0 Å². The standard InChI is InChI=1S/C18H23N3O2/c1-12(2)13-3-5-14(6-4-13)16-20-17(23-21-16)18-10-19-9-15(18)7-8-22-11-18/h3-6,12,15,19H,7-11H2,1-2H3/t15-,18+/m1/s1. The summed E-state index contributed by atoms with van der Waals surface area (Å²) in [4.78, 5) is 4.71. The van der Waals surface area contributed by atoms with Crippen molar-refractivity contribution in [3.63, 3.8) is 0 Å². The predicted octanol–water partition coefficient (Wildman–Crippen LogP) is 2.74. The van der Waals surface area contributed by atoms with E-state index >= 15 is 0 Å². The number of fused-ring (bicyclic) bond motifs is 1. The summed E-state index contributed by atoms with van der Waals surface area (Å²) in [6.07, 6.45) is 1.05. The van der Waals surface area contributed by atoms with Crippen molar-refractivity contribution >= 4 is 0 Å². The Morgan fingerprint density at radius 1 is 1.26 bits per heavy atom. The highest BCUT2D eigenvalue weighted by Gasteiger charge is 2.50. The van der Waals surface area contributed by atoms with E-state index in [-0.39, 0.29) is 5.41 Å². The Balaban J connectivity index is 1.63. The Morgan fingerprint density at radius 3 is 2.87 bits per heavy atom. The molecule has 0 amide bonds. The second kappa shape index (κ2) is 5.73. The topological polar surface area (TPSA) is 60.2 Å². The molecule has 5 heteroatoms. The zero-order valence-electron chi connectivity index (χ0n) is 13.7. The second-order valence-corrected chi connectivity index (χ2v) is 7.03. The molecule has 3 heterocycles. The quantitative estimate of drug-likeness (QED) is 0.944. The first-order valence-electron chi connectivity index (χ1n) is 8.42. The first-order chi connectivity index (χ1) is 11.2. The van der Waals surface area contributed by atoms with Gasteiger partial charge >= 0.3 is 0 Å². The normalized spacial score (nSPS) is 27.3. The molecule has 1 N–H and O–H groups in total. The maximum Gasteiger partial charge on any atom is 0.237 e. The van der Waals surface area contributed by atoms with Crippen LogP contribution in [-0.2, 0) is 10.2 Å². The number of ether oxygens (including phenoxy) is 1. The summed E-state index contributed by atoms with van der Waals surface area (Å²) in [5.74, 6) is 2.43. The molecule has 0 saturated carbocycles. The van der Waals surface area contributed by atoms with Crippen LogP contribution >= 0.6 is 0 Å². The molecule has 4 rings (SSSR count). The van der Waals surface area contributed by atoms with E-state index in [1.165, 1.54) is 5.56 Å². The van der Waals surface area contributed by atoms with E-state index in [0.29, 0.717) is 24.3 Å². The molecular formula is C18H23N3O2. The minimum absolute atomic E-state index is 0.151. The molecule has 0 unspecified atom stereocenters. The Kier molecular flexibility index (Phi) is 3.70. The van der Waals surface area contributed by atoms with Crippen LogP contribution < -0.4 is 5.32 Å². The molecule has 0 aliphatic carbocycles. The number of rotatable bonds is 3. The number of aromatic nitrogens is 2. The Labute approximate surface area is 136 Å². The minimum atomic E-state index is -0.151. The number of hydrogen-bond donors (Lipinski definition) is 1. The fourth-order valence-corrected chi connectivity index (χ4v) is 3.71. The van der Waals surface area contributed by atoms with Crippen molar-refractivity contribution < 1.29 is 9.26 Å². The van der Waals surface area contributed by atoms with Crippen molar-refractivity contribution in [3.8, 4) is 11.4 Å². The Morgan fingerprint density at radius 2 is 2.09 bits per heavy atom. The summed E-state index contributed by atoms with van der Waals surface area (Å²) in [6.45, 7) is 7.73. The molecule has 2 aromatic rings. The first-order valence-corrected chi connectivity index (χ1v) is 8.42. The SMILES string of the molecule is CC(C)c1ccc(-c2noc([C@]34CNC[C@H]3CCOC4)n2)cc1. The summed E-state index contributed by atoms with van der Waals surface area (Å²) in [6, 6.07) is 8.42. The van der Waals surface area contributed by atoms with Crippen LogP contribution in [0.25, 0.3) is 11.4 Å². The van der Waals surface area contributed by atoms with E-state index in [1.807, 2.05) is 0 Å². The molecule has 5 nitrogen and oxygen atoms in total.